The van der Waals surface area contributed by atoms with Crippen molar-refractivity contribution >= 4 is 27.5 Å². The Morgan fingerprint density at radius 1 is 1.45 bits per heavy atom. The number of halogens is 1. The SMILES string of the molecule is CCN(CC)C(=O)C(C)NS(=O)(=O)c1cnccc1Cl. The molecule has 0 bridgehead atoms. The topological polar surface area (TPSA) is 79.4 Å². The van der Waals surface area contributed by atoms with E-state index in [1.807, 2.05) is 13.8 Å². The lowest BCUT2D eigenvalue weighted by Gasteiger charge is -2.23. The van der Waals surface area contributed by atoms with Gasteiger partial charge >= 0.3 is 0 Å². The summed E-state index contributed by atoms with van der Waals surface area (Å²) in [7, 11) is -3.88. The van der Waals surface area contributed by atoms with Gasteiger partial charge in [-0.05, 0) is 26.8 Å². The fourth-order valence-electron chi connectivity index (χ4n) is 1.72. The van der Waals surface area contributed by atoms with Crippen LogP contribution in [-0.4, -0.2) is 43.3 Å². The maximum Gasteiger partial charge on any atom is 0.244 e. The van der Waals surface area contributed by atoms with Crippen molar-refractivity contribution in [1.29, 1.82) is 0 Å². The summed E-state index contributed by atoms with van der Waals surface area (Å²) in [4.78, 5) is 17.2. The number of likely N-dealkylation sites (N-methyl/N-ethyl adjacent to an activating group) is 1. The molecule has 8 heteroatoms. The van der Waals surface area contributed by atoms with Crippen LogP contribution in [0.3, 0.4) is 0 Å². The third kappa shape index (κ3) is 3.91. The van der Waals surface area contributed by atoms with Gasteiger partial charge in [0.1, 0.15) is 4.90 Å². The number of amides is 1. The molecule has 0 aliphatic carbocycles. The quantitative estimate of drug-likeness (QED) is 0.856. The minimum Gasteiger partial charge on any atom is -0.342 e. The van der Waals surface area contributed by atoms with Gasteiger partial charge in [0, 0.05) is 25.5 Å². The molecule has 1 unspecified atom stereocenters. The molecule has 0 saturated heterocycles. The van der Waals surface area contributed by atoms with Gasteiger partial charge in [-0.1, -0.05) is 11.6 Å². The van der Waals surface area contributed by atoms with E-state index in [9.17, 15) is 13.2 Å². The molecule has 0 saturated carbocycles. The fourth-order valence-corrected chi connectivity index (χ4v) is 3.34. The summed E-state index contributed by atoms with van der Waals surface area (Å²) < 4.78 is 26.6. The first-order chi connectivity index (χ1) is 9.33. The highest BCUT2D eigenvalue weighted by Gasteiger charge is 2.26. The average Bonchev–Trinajstić information content (AvgIpc) is 2.39. The Morgan fingerprint density at radius 3 is 2.55 bits per heavy atom. The summed E-state index contributed by atoms with van der Waals surface area (Å²) in [6, 6.07) is 0.517. The molecule has 0 aliphatic rings. The van der Waals surface area contributed by atoms with Gasteiger partial charge in [0.05, 0.1) is 11.1 Å². The zero-order valence-electron chi connectivity index (χ0n) is 11.6. The first-order valence-corrected chi connectivity index (χ1v) is 8.10. The van der Waals surface area contributed by atoms with Crippen molar-refractivity contribution in [2.75, 3.05) is 13.1 Å². The van der Waals surface area contributed by atoms with E-state index < -0.39 is 16.1 Å². The highest BCUT2D eigenvalue weighted by Crippen LogP contribution is 2.19. The van der Waals surface area contributed by atoms with Gasteiger partial charge in [0.25, 0.3) is 0 Å². The van der Waals surface area contributed by atoms with Crippen LogP contribution in [0.15, 0.2) is 23.4 Å². The zero-order valence-corrected chi connectivity index (χ0v) is 13.2. The largest absolute Gasteiger partial charge is 0.342 e. The van der Waals surface area contributed by atoms with Crippen LogP contribution < -0.4 is 4.72 Å². The van der Waals surface area contributed by atoms with Crippen LogP contribution in [0.2, 0.25) is 5.02 Å². The molecule has 6 nitrogen and oxygen atoms in total. The monoisotopic (exact) mass is 319 g/mol. The normalized spacial score (nSPS) is 13.0. The predicted octanol–water partition coefficient (Wildman–Crippen LogP) is 1.27. The first-order valence-electron chi connectivity index (χ1n) is 6.24. The van der Waals surface area contributed by atoms with Crippen molar-refractivity contribution in [3.8, 4) is 0 Å². The van der Waals surface area contributed by atoms with E-state index in [0.29, 0.717) is 13.1 Å². The number of nitrogens with one attached hydrogen (secondary N) is 1. The van der Waals surface area contributed by atoms with E-state index >= 15 is 0 Å². The lowest BCUT2D eigenvalue weighted by atomic mass is 10.3. The fraction of sp³-hybridized carbons (Fsp3) is 0.500. The van der Waals surface area contributed by atoms with Crippen molar-refractivity contribution in [3.63, 3.8) is 0 Å². The van der Waals surface area contributed by atoms with Gasteiger partial charge in [-0.15, -0.1) is 0 Å². The molecule has 1 atom stereocenters. The Kier molecular flexibility index (Phi) is 5.91. The van der Waals surface area contributed by atoms with Crippen LogP contribution in [0, 0.1) is 0 Å². The Hall–Kier alpha value is -1.18. The number of rotatable bonds is 6. The smallest absolute Gasteiger partial charge is 0.244 e. The lowest BCUT2D eigenvalue weighted by Crippen LogP contribution is -2.46. The summed E-state index contributed by atoms with van der Waals surface area (Å²) >= 11 is 5.83. The Bertz CT molecular complexity index is 573. The summed E-state index contributed by atoms with van der Waals surface area (Å²) in [5, 5.41) is 0.0648. The van der Waals surface area contributed by atoms with E-state index in [4.69, 9.17) is 11.6 Å². The summed E-state index contributed by atoms with van der Waals surface area (Å²) in [6.07, 6.45) is 2.55. The molecule has 1 aromatic heterocycles. The highest BCUT2D eigenvalue weighted by molar-refractivity contribution is 7.89. The minimum absolute atomic E-state index is 0.0648. The predicted molar refractivity (Wildman–Crippen MR) is 77.0 cm³/mol. The van der Waals surface area contributed by atoms with Gasteiger partial charge < -0.3 is 4.90 Å². The molecule has 0 aromatic carbocycles. The highest BCUT2D eigenvalue weighted by atomic mass is 35.5. The molecule has 112 valence electrons. The average molecular weight is 320 g/mol. The van der Waals surface area contributed by atoms with Crippen LogP contribution in [0.4, 0.5) is 0 Å². The summed E-state index contributed by atoms with van der Waals surface area (Å²) in [6.45, 7) is 6.22. The molecule has 0 fully saturated rings. The number of aromatic nitrogens is 1. The van der Waals surface area contributed by atoms with Gasteiger partial charge in [0.15, 0.2) is 0 Å². The lowest BCUT2D eigenvalue weighted by molar-refractivity contribution is -0.132. The number of hydrogen-bond donors (Lipinski definition) is 1. The number of nitrogens with zero attached hydrogens (tertiary/aromatic N) is 2. The van der Waals surface area contributed by atoms with Gasteiger partial charge in [-0.2, -0.15) is 4.72 Å². The van der Waals surface area contributed by atoms with Crippen molar-refractivity contribution in [2.24, 2.45) is 0 Å². The van der Waals surface area contributed by atoms with Crippen LogP contribution in [0.25, 0.3) is 0 Å². The standard InChI is InChI=1S/C12H18ClN3O3S/c1-4-16(5-2)12(17)9(3)15-20(18,19)11-8-14-7-6-10(11)13/h6-9,15H,4-5H2,1-3H3. The van der Waals surface area contributed by atoms with Crippen molar-refractivity contribution in [2.45, 2.75) is 31.7 Å². The van der Waals surface area contributed by atoms with E-state index in [0.717, 1.165) is 6.20 Å². The number of carbonyl (C=O) groups excluding carboxylic acids is 1. The number of pyridine rings is 1. The second-order valence-electron chi connectivity index (χ2n) is 4.16. The summed E-state index contributed by atoms with van der Waals surface area (Å²) in [5.74, 6) is -0.279. The second kappa shape index (κ2) is 7.01. The van der Waals surface area contributed by atoms with Crippen LogP contribution in [0.1, 0.15) is 20.8 Å². The Balaban J connectivity index is 2.92. The molecule has 0 radical (unpaired) electrons. The molecule has 20 heavy (non-hydrogen) atoms. The van der Waals surface area contributed by atoms with E-state index in [1.54, 1.807) is 4.90 Å². The van der Waals surface area contributed by atoms with E-state index in [1.165, 1.54) is 19.2 Å². The van der Waals surface area contributed by atoms with Crippen LogP contribution in [-0.2, 0) is 14.8 Å². The van der Waals surface area contributed by atoms with E-state index in [-0.39, 0.29) is 15.8 Å². The van der Waals surface area contributed by atoms with E-state index in [2.05, 4.69) is 9.71 Å². The van der Waals surface area contributed by atoms with Gasteiger partial charge in [-0.25, -0.2) is 8.42 Å². The molecule has 0 spiro atoms. The third-order valence-electron chi connectivity index (χ3n) is 2.80. The number of sulfonamides is 1. The Morgan fingerprint density at radius 2 is 2.05 bits per heavy atom. The Labute approximate surface area is 124 Å². The van der Waals surface area contributed by atoms with Gasteiger partial charge in [0.2, 0.25) is 15.9 Å². The maximum atomic E-state index is 12.2. The second-order valence-corrected chi connectivity index (χ2v) is 6.25. The number of carbonyl (C=O) groups is 1. The third-order valence-corrected chi connectivity index (χ3v) is 4.81. The van der Waals surface area contributed by atoms with Crippen molar-refractivity contribution in [3.05, 3.63) is 23.5 Å². The van der Waals surface area contributed by atoms with Crippen molar-refractivity contribution in [1.82, 2.24) is 14.6 Å². The van der Waals surface area contributed by atoms with Gasteiger partial charge in [-0.3, -0.25) is 9.78 Å². The molecule has 1 aromatic rings. The molecule has 0 aliphatic heterocycles. The molecule has 1 N–H and O–H groups in total. The molecular formula is C12H18ClN3O3S. The first kappa shape index (κ1) is 16.9. The molecule has 1 rings (SSSR count). The minimum atomic E-state index is -3.88. The summed E-state index contributed by atoms with van der Waals surface area (Å²) in [5.41, 5.74) is 0. The zero-order chi connectivity index (χ0) is 15.3. The number of hydrogen-bond acceptors (Lipinski definition) is 4. The van der Waals surface area contributed by atoms with Crippen LogP contribution in [0.5, 0.6) is 0 Å². The molecule has 1 heterocycles. The molecule has 1 amide bonds. The molecular weight excluding hydrogens is 302 g/mol. The van der Waals surface area contributed by atoms with Crippen molar-refractivity contribution < 1.29 is 13.2 Å². The maximum absolute atomic E-state index is 12.2. The van der Waals surface area contributed by atoms with Crippen LogP contribution >= 0.6 is 11.6 Å².